The maximum absolute atomic E-state index is 4.49. The molecule has 0 aliphatic rings. The predicted molar refractivity (Wildman–Crippen MR) is 94.3 cm³/mol. The first kappa shape index (κ1) is 16.4. The largest absolute Gasteiger partial charge is 0.330 e. The van der Waals surface area contributed by atoms with Gasteiger partial charge in [0.25, 0.3) is 0 Å². The number of rotatable bonds is 4. The number of benzene rings is 1. The van der Waals surface area contributed by atoms with Crippen LogP contribution in [-0.2, 0) is 6.54 Å². The Bertz CT molecular complexity index is 743. The third-order valence-corrected chi connectivity index (χ3v) is 3.60. The maximum Gasteiger partial charge on any atom is 0.107 e. The van der Waals surface area contributed by atoms with Crippen molar-refractivity contribution in [3.63, 3.8) is 0 Å². The van der Waals surface area contributed by atoms with Gasteiger partial charge >= 0.3 is 0 Å². The zero-order valence-electron chi connectivity index (χ0n) is 14.3. The second-order valence-electron chi connectivity index (χ2n) is 5.61. The summed E-state index contributed by atoms with van der Waals surface area (Å²) in [5, 5.41) is 1.20. The molecule has 0 spiro atoms. The summed E-state index contributed by atoms with van der Waals surface area (Å²) in [6.07, 6.45) is 4.92. The molecule has 0 aliphatic heterocycles. The molecule has 0 saturated heterocycles. The zero-order valence-corrected chi connectivity index (χ0v) is 14.3. The topological polar surface area (TPSA) is 34.0 Å². The van der Waals surface area contributed by atoms with E-state index in [0.717, 1.165) is 30.5 Å². The molecule has 3 rings (SSSR count). The molecule has 3 aromatic rings. The molecule has 0 amide bonds. The standard InChI is InChI=1S/C16H20N4.C2H6/c1-12-5-6-14-13(9-12)16-15(10-17-14)18-11-20(16)8-4-7-19(2)3;1-2/h5-6,9-11H,4,7-8H2,1-3H3;1-2H3. The van der Waals surface area contributed by atoms with Gasteiger partial charge in [-0.1, -0.05) is 25.5 Å². The van der Waals surface area contributed by atoms with E-state index in [0.29, 0.717) is 0 Å². The number of aromatic nitrogens is 3. The quantitative estimate of drug-likeness (QED) is 0.733. The third-order valence-electron chi connectivity index (χ3n) is 3.60. The summed E-state index contributed by atoms with van der Waals surface area (Å²) in [6.45, 7) is 8.19. The molecule has 1 aromatic carbocycles. The van der Waals surface area contributed by atoms with Crippen molar-refractivity contribution in [3.05, 3.63) is 36.3 Å². The first-order valence-electron chi connectivity index (χ1n) is 8.00. The Kier molecular flexibility index (Phi) is 5.50. The Labute approximate surface area is 132 Å². The lowest BCUT2D eigenvalue weighted by Crippen LogP contribution is -2.14. The summed E-state index contributed by atoms with van der Waals surface area (Å²) in [5.41, 5.74) is 4.48. The summed E-state index contributed by atoms with van der Waals surface area (Å²) in [7, 11) is 4.21. The van der Waals surface area contributed by atoms with Gasteiger partial charge in [-0.05, 0) is 46.1 Å². The molecule has 0 N–H and O–H groups in total. The number of fused-ring (bicyclic) bond motifs is 3. The fourth-order valence-corrected chi connectivity index (χ4v) is 2.59. The van der Waals surface area contributed by atoms with Gasteiger partial charge in [0, 0.05) is 11.9 Å². The van der Waals surface area contributed by atoms with Gasteiger partial charge in [-0.15, -0.1) is 0 Å². The molecule has 0 aliphatic carbocycles. The van der Waals surface area contributed by atoms with Gasteiger partial charge in [0.15, 0.2) is 0 Å². The molecule has 4 heteroatoms. The molecule has 0 radical (unpaired) electrons. The van der Waals surface area contributed by atoms with Gasteiger partial charge in [0.05, 0.1) is 23.6 Å². The number of hydrogen-bond donors (Lipinski definition) is 0. The molecule has 4 nitrogen and oxygen atoms in total. The van der Waals surface area contributed by atoms with E-state index in [1.807, 2.05) is 26.4 Å². The maximum atomic E-state index is 4.49. The van der Waals surface area contributed by atoms with Gasteiger partial charge in [0.2, 0.25) is 0 Å². The zero-order chi connectivity index (χ0) is 16.1. The Morgan fingerprint density at radius 3 is 2.59 bits per heavy atom. The van der Waals surface area contributed by atoms with E-state index < -0.39 is 0 Å². The van der Waals surface area contributed by atoms with E-state index in [-0.39, 0.29) is 0 Å². The van der Waals surface area contributed by atoms with Crippen molar-refractivity contribution in [1.29, 1.82) is 0 Å². The first-order valence-corrected chi connectivity index (χ1v) is 8.00. The van der Waals surface area contributed by atoms with Crippen molar-refractivity contribution in [2.75, 3.05) is 20.6 Å². The highest BCUT2D eigenvalue weighted by molar-refractivity contribution is 6.02. The molecule has 0 unspecified atom stereocenters. The fraction of sp³-hybridized carbons (Fsp3) is 0.444. The van der Waals surface area contributed by atoms with Crippen molar-refractivity contribution < 1.29 is 0 Å². The Morgan fingerprint density at radius 2 is 1.86 bits per heavy atom. The highest BCUT2D eigenvalue weighted by Gasteiger charge is 2.08. The molecule has 0 saturated carbocycles. The highest BCUT2D eigenvalue weighted by Crippen LogP contribution is 2.24. The molecule has 118 valence electrons. The Morgan fingerprint density at radius 1 is 1.09 bits per heavy atom. The summed E-state index contributed by atoms with van der Waals surface area (Å²) < 4.78 is 2.25. The van der Waals surface area contributed by atoms with Gasteiger partial charge in [-0.25, -0.2) is 4.98 Å². The lowest BCUT2D eigenvalue weighted by Gasteiger charge is -2.10. The minimum absolute atomic E-state index is 0.980. The molecular formula is C18H26N4. The summed E-state index contributed by atoms with van der Waals surface area (Å²) >= 11 is 0. The molecular weight excluding hydrogens is 272 g/mol. The number of pyridine rings is 1. The first-order chi connectivity index (χ1) is 10.6. The lowest BCUT2D eigenvalue weighted by atomic mass is 10.1. The minimum atomic E-state index is 0.980. The van der Waals surface area contributed by atoms with Crippen LogP contribution >= 0.6 is 0 Å². The van der Waals surface area contributed by atoms with Gasteiger partial charge in [0.1, 0.15) is 5.52 Å². The fourth-order valence-electron chi connectivity index (χ4n) is 2.59. The van der Waals surface area contributed by atoms with Crippen LogP contribution in [0, 0.1) is 6.92 Å². The Balaban J connectivity index is 0.000000847. The normalized spacial score (nSPS) is 11.0. The minimum Gasteiger partial charge on any atom is -0.330 e. The van der Waals surface area contributed by atoms with E-state index in [9.17, 15) is 0 Å². The average Bonchev–Trinajstić information content (AvgIpc) is 2.92. The van der Waals surface area contributed by atoms with E-state index in [1.165, 1.54) is 16.5 Å². The van der Waals surface area contributed by atoms with E-state index >= 15 is 0 Å². The van der Waals surface area contributed by atoms with Crippen LogP contribution in [0.3, 0.4) is 0 Å². The van der Waals surface area contributed by atoms with Crippen LogP contribution in [0.15, 0.2) is 30.7 Å². The molecule has 0 fully saturated rings. The smallest absolute Gasteiger partial charge is 0.107 e. The van der Waals surface area contributed by atoms with Gasteiger partial charge < -0.3 is 9.47 Å². The summed E-state index contributed by atoms with van der Waals surface area (Å²) in [6, 6.07) is 6.39. The second-order valence-corrected chi connectivity index (χ2v) is 5.61. The van der Waals surface area contributed by atoms with Gasteiger partial charge in [-0.2, -0.15) is 0 Å². The van der Waals surface area contributed by atoms with Crippen molar-refractivity contribution in [2.45, 2.75) is 33.7 Å². The van der Waals surface area contributed by atoms with E-state index in [1.54, 1.807) is 0 Å². The van der Waals surface area contributed by atoms with Crippen LogP contribution in [-0.4, -0.2) is 40.1 Å². The number of hydrogen-bond acceptors (Lipinski definition) is 3. The third kappa shape index (κ3) is 3.45. The van der Waals surface area contributed by atoms with Crippen molar-refractivity contribution in [3.8, 4) is 0 Å². The van der Waals surface area contributed by atoms with E-state index in [4.69, 9.17) is 0 Å². The molecule has 2 heterocycles. The lowest BCUT2D eigenvalue weighted by molar-refractivity contribution is 0.388. The predicted octanol–water partition coefficient (Wildman–Crippen LogP) is 3.87. The number of imidazole rings is 1. The van der Waals surface area contributed by atoms with Crippen LogP contribution in [0.4, 0.5) is 0 Å². The Hall–Kier alpha value is -1.94. The SMILES string of the molecule is CC.Cc1ccc2ncc3ncn(CCCN(C)C)c3c2c1. The number of aryl methyl sites for hydroxylation is 2. The van der Waals surface area contributed by atoms with Crippen LogP contribution in [0.2, 0.25) is 0 Å². The van der Waals surface area contributed by atoms with Crippen molar-refractivity contribution in [2.24, 2.45) is 0 Å². The molecule has 0 bridgehead atoms. The average molecular weight is 298 g/mol. The van der Waals surface area contributed by atoms with Crippen LogP contribution < -0.4 is 0 Å². The molecule has 22 heavy (non-hydrogen) atoms. The van der Waals surface area contributed by atoms with E-state index in [2.05, 4.69) is 58.7 Å². The summed E-state index contributed by atoms with van der Waals surface area (Å²) in [4.78, 5) is 11.2. The van der Waals surface area contributed by atoms with Crippen LogP contribution in [0.25, 0.3) is 21.9 Å². The molecule has 0 atom stereocenters. The van der Waals surface area contributed by atoms with Gasteiger partial charge in [-0.3, -0.25) is 4.98 Å². The van der Waals surface area contributed by atoms with Crippen molar-refractivity contribution in [1.82, 2.24) is 19.4 Å². The van der Waals surface area contributed by atoms with Crippen LogP contribution in [0.5, 0.6) is 0 Å². The van der Waals surface area contributed by atoms with Crippen molar-refractivity contribution >= 4 is 21.9 Å². The monoisotopic (exact) mass is 298 g/mol. The van der Waals surface area contributed by atoms with Crippen LogP contribution in [0.1, 0.15) is 25.8 Å². The second kappa shape index (κ2) is 7.36. The number of nitrogens with zero attached hydrogens (tertiary/aromatic N) is 4. The summed E-state index contributed by atoms with van der Waals surface area (Å²) in [5.74, 6) is 0. The highest BCUT2D eigenvalue weighted by atomic mass is 15.1. The molecule has 2 aromatic heterocycles.